The van der Waals surface area contributed by atoms with Gasteiger partial charge in [0.1, 0.15) is 11.3 Å². The van der Waals surface area contributed by atoms with Crippen LogP contribution in [-0.4, -0.2) is 76.4 Å². The van der Waals surface area contributed by atoms with Crippen LogP contribution >= 0.6 is 11.3 Å². The van der Waals surface area contributed by atoms with Crippen molar-refractivity contribution in [1.29, 1.82) is 0 Å². The molecule has 2 heterocycles. The smallest absolute Gasteiger partial charge is 0.251 e. The van der Waals surface area contributed by atoms with Gasteiger partial charge in [0.15, 0.2) is 16.6 Å². The Balaban J connectivity index is 1.29. The van der Waals surface area contributed by atoms with E-state index >= 15 is 0 Å². The van der Waals surface area contributed by atoms with E-state index in [1.165, 1.54) is 0 Å². The van der Waals surface area contributed by atoms with E-state index in [2.05, 4.69) is 15.1 Å². The molecular weight excluding hydrogens is 428 g/mol. The lowest BCUT2D eigenvalue weighted by Crippen LogP contribution is -2.48. The molecule has 9 heteroatoms. The number of thiazole rings is 1. The van der Waals surface area contributed by atoms with Crippen LogP contribution in [0.15, 0.2) is 36.4 Å². The minimum Gasteiger partial charge on any atom is -0.497 e. The summed E-state index contributed by atoms with van der Waals surface area (Å²) in [5.74, 6) is 1.97. The summed E-state index contributed by atoms with van der Waals surface area (Å²) in [5, 5.41) is 3.99. The summed E-state index contributed by atoms with van der Waals surface area (Å²) >= 11 is 1.67. The molecule has 170 valence electrons. The second-order valence-corrected chi connectivity index (χ2v) is 8.47. The number of aromatic nitrogens is 1. The largest absolute Gasteiger partial charge is 0.497 e. The van der Waals surface area contributed by atoms with Gasteiger partial charge < -0.3 is 24.4 Å². The van der Waals surface area contributed by atoms with Crippen molar-refractivity contribution in [3.05, 3.63) is 42.0 Å². The topological polar surface area (TPSA) is 76.2 Å². The van der Waals surface area contributed by atoms with Gasteiger partial charge in [-0.2, -0.15) is 0 Å². The molecule has 0 atom stereocenters. The van der Waals surface area contributed by atoms with E-state index in [0.29, 0.717) is 29.4 Å². The van der Waals surface area contributed by atoms with Crippen LogP contribution in [-0.2, 0) is 0 Å². The lowest BCUT2D eigenvalue weighted by atomic mass is 10.2. The first-order valence-electron chi connectivity index (χ1n) is 10.5. The standard InChI is InChI=1S/C23H28N4O4S/c1-29-17-6-4-5-16(15-17)22(28)24-9-10-26-11-13-27(14-12-26)23-25-20-19(32-23)8-7-18(30-2)21(20)31-3/h4-8,15H,9-14H2,1-3H3,(H,24,28). The third-order valence-corrected chi connectivity index (χ3v) is 6.66. The molecule has 0 unspecified atom stereocenters. The van der Waals surface area contributed by atoms with Crippen LogP contribution in [0.4, 0.5) is 5.13 Å². The van der Waals surface area contributed by atoms with Crippen molar-refractivity contribution in [2.45, 2.75) is 0 Å². The predicted octanol–water partition coefficient (Wildman–Crippen LogP) is 2.87. The molecule has 2 aromatic carbocycles. The number of nitrogens with one attached hydrogen (secondary N) is 1. The molecule has 1 saturated heterocycles. The van der Waals surface area contributed by atoms with Crippen LogP contribution in [0.5, 0.6) is 17.2 Å². The molecule has 1 N–H and O–H groups in total. The minimum atomic E-state index is -0.0820. The molecule has 0 bridgehead atoms. The van der Waals surface area contributed by atoms with Gasteiger partial charge >= 0.3 is 0 Å². The highest BCUT2D eigenvalue weighted by atomic mass is 32.1. The van der Waals surface area contributed by atoms with E-state index in [9.17, 15) is 4.79 Å². The Kier molecular flexibility index (Phi) is 6.96. The Morgan fingerprint density at radius 2 is 1.88 bits per heavy atom. The normalized spacial score (nSPS) is 14.4. The van der Waals surface area contributed by atoms with Gasteiger partial charge in [-0.1, -0.05) is 17.4 Å². The van der Waals surface area contributed by atoms with Crippen molar-refractivity contribution in [3.8, 4) is 17.2 Å². The summed E-state index contributed by atoms with van der Waals surface area (Å²) in [6.07, 6.45) is 0. The summed E-state index contributed by atoms with van der Waals surface area (Å²) in [6, 6.07) is 11.1. The zero-order chi connectivity index (χ0) is 22.5. The monoisotopic (exact) mass is 456 g/mol. The van der Waals surface area contributed by atoms with E-state index in [-0.39, 0.29) is 5.91 Å². The highest BCUT2D eigenvalue weighted by molar-refractivity contribution is 7.22. The molecule has 1 amide bonds. The molecule has 1 aliphatic heterocycles. The summed E-state index contributed by atoms with van der Waals surface area (Å²) in [6.45, 7) is 5.05. The van der Waals surface area contributed by atoms with Crippen molar-refractivity contribution in [1.82, 2.24) is 15.2 Å². The lowest BCUT2D eigenvalue weighted by molar-refractivity contribution is 0.0947. The number of piperazine rings is 1. The maximum atomic E-state index is 12.4. The quantitative estimate of drug-likeness (QED) is 0.559. The second-order valence-electron chi connectivity index (χ2n) is 7.46. The van der Waals surface area contributed by atoms with Gasteiger partial charge in [-0.25, -0.2) is 4.98 Å². The Labute approximate surface area is 191 Å². The lowest BCUT2D eigenvalue weighted by Gasteiger charge is -2.34. The molecule has 0 spiro atoms. The van der Waals surface area contributed by atoms with Crippen molar-refractivity contribution in [2.24, 2.45) is 0 Å². The number of amides is 1. The third kappa shape index (κ3) is 4.73. The first-order valence-corrected chi connectivity index (χ1v) is 11.4. The molecule has 0 radical (unpaired) electrons. The van der Waals surface area contributed by atoms with Gasteiger partial charge in [-0.3, -0.25) is 9.69 Å². The Morgan fingerprint density at radius 1 is 1.06 bits per heavy atom. The van der Waals surface area contributed by atoms with Gasteiger partial charge in [0.05, 0.1) is 26.0 Å². The van der Waals surface area contributed by atoms with E-state index in [1.54, 1.807) is 44.8 Å². The van der Waals surface area contributed by atoms with E-state index in [1.807, 2.05) is 24.3 Å². The molecule has 1 aliphatic rings. The van der Waals surface area contributed by atoms with Crippen LogP contribution in [0.1, 0.15) is 10.4 Å². The van der Waals surface area contributed by atoms with Crippen LogP contribution in [0.2, 0.25) is 0 Å². The number of ether oxygens (including phenoxy) is 3. The molecule has 1 aromatic heterocycles. The molecule has 32 heavy (non-hydrogen) atoms. The van der Waals surface area contributed by atoms with Crippen molar-refractivity contribution >= 4 is 32.6 Å². The third-order valence-electron chi connectivity index (χ3n) is 5.58. The Hall–Kier alpha value is -3.04. The number of carbonyl (C=O) groups excluding carboxylic acids is 1. The summed E-state index contributed by atoms with van der Waals surface area (Å²) in [7, 11) is 4.87. The summed E-state index contributed by atoms with van der Waals surface area (Å²) < 4.78 is 17.2. The first kappa shape index (κ1) is 22.2. The Bertz CT molecular complexity index is 1080. The fraction of sp³-hybridized carbons (Fsp3) is 0.391. The number of nitrogens with zero attached hydrogens (tertiary/aromatic N) is 3. The molecule has 8 nitrogen and oxygen atoms in total. The average molecular weight is 457 g/mol. The second kappa shape index (κ2) is 10.1. The molecule has 3 aromatic rings. The van der Waals surface area contributed by atoms with Gasteiger partial charge in [0, 0.05) is 44.8 Å². The van der Waals surface area contributed by atoms with Crippen molar-refractivity contribution in [2.75, 3.05) is 65.5 Å². The Morgan fingerprint density at radius 3 is 2.59 bits per heavy atom. The van der Waals surface area contributed by atoms with Gasteiger partial charge in [-0.15, -0.1) is 0 Å². The zero-order valence-corrected chi connectivity index (χ0v) is 19.4. The number of fused-ring (bicyclic) bond motifs is 1. The van der Waals surface area contributed by atoms with E-state index < -0.39 is 0 Å². The molecule has 0 aliphatic carbocycles. The molecule has 1 fully saturated rings. The average Bonchev–Trinajstić information content (AvgIpc) is 3.28. The van der Waals surface area contributed by atoms with Gasteiger partial charge in [0.25, 0.3) is 5.91 Å². The van der Waals surface area contributed by atoms with Crippen molar-refractivity contribution < 1.29 is 19.0 Å². The van der Waals surface area contributed by atoms with E-state index in [4.69, 9.17) is 19.2 Å². The van der Waals surface area contributed by atoms with Crippen LogP contribution < -0.4 is 24.4 Å². The first-order chi connectivity index (χ1) is 15.6. The molecule has 0 saturated carbocycles. The van der Waals surface area contributed by atoms with Crippen molar-refractivity contribution in [3.63, 3.8) is 0 Å². The SMILES string of the molecule is COc1cccc(C(=O)NCCN2CCN(c3nc4c(OC)c(OC)ccc4s3)CC2)c1. The van der Waals surface area contributed by atoms with E-state index in [0.717, 1.165) is 48.1 Å². The number of rotatable bonds is 8. The maximum absolute atomic E-state index is 12.4. The van der Waals surface area contributed by atoms with Gasteiger partial charge in [0.2, 0.25) is 0 Å². The maximum Gasteiger partial charge on any atom is 0.251 e. The zero-order valence-electron chi connectivity index (χ0n) is 18.6. The fourth-order valence-electron chi connectivity index (χ4n) is 3.79. The highest BCUT2D eigenvalue weighted by Crippen LogP contribution is 2.40. The summed E-state index contributed by atoms with van der Waals surface area (Å²) in [5.41, 5.74) is 1.45. The highest BCUT2D eigenvalue weighted by Gasteiger charge is 2.22. The molecular formula is C23H28N4O4S. The number of hydrogen-bond donors (Lipinski definition) is 1. The summed E-state index contributed by atoms with van der Waals surface area (Å²) in [4.78, 5) is 21.9. The minimum absolute atomic E-state index is 0.0820. The fourth-order valence-corrected chi connectivity index (χ4v) is 4.81. The van der Waals surface area contributed by atoms with Crippen LogP contribution in [0, 0.1) is 0 Å². The van der Waals surface area contributed by atoms with Crippen LogP contribution in [0.3, 0.4) is 0 Å². The predicted molar refractivity (Wildman–Crippen MR) is 127 cm³/mol. The number of anilines is 1. The van der Waals surface area contributed by atoms with Crippen LogP contribution in [0.25, 0.3) is 10.2 Å². The molecule has 4 rings (SSSR count). The number of hydrogen-bond acceptors (Lipinski definition) is 8. The number of carbonyl (C=O) groups is 1. The number of benzene rings is 2. The number of methoxy groups -OCH3 is 3. The van der Waals surface area contributed by atoms with Gasteiger partial charge in [-0.05, 0) is 30.3 Å².